The van der Waals surface area contributed by atoms with E-state index in [9.17, 15) is 8.42 Å². The number of rotatable bonds is 8. The molecule has 0 aliphatic carbocycles. The summed E-state index contributed by atoms with van der Waals surface area (Å²) in [4.78, 5) is 2.00. The first-order valence-electron chi connectivity index (χ1n) is 6.01. The average Bonchev–Trinajstić information content (AvgIpc) is 2.78. The van der Waals surface area contributed by atoms with E-state index in [2.05, 4.69) is 5.32 Å². The Kier molecular flexibility index (Phi) is 5.84. The zero-order valence-corrected chi connectivity index (χ0v) is 12.0. The standard InChI is InChI=1S/C12H22N2O3S/c1-11(12-5-4-9-17-12)13-6-7-14(2)8-10-18(3,15)16/h4-5,9,11,13H,6-8,10H2,1-3H3. The van der Waals surface area contributed by atoms with Gasteiger partial charge in [0.15, 0.2) is 0 Å². The molecule has 0 aromatic carbocycles. The van der Waals surface area contributed by atoms with E-state index in [4.69, 9.17) is 4.42 Å². The van der Waals surface area contributed by atoms with Crippen LogP contribution in [-0.2, 0) is 9.84 Å². The van der Waals surface area contributed by atoms with Crippen molar-refractivity contribution in [3.63, 3.8) is 0 Å². The number of sulfone groups is 1. The molecule has 18 heavy (non-hydrogen) atoms. The first-order chi connectivity index (χ1) is 8.38. The van der Waals surface area contributed by atoms with E-state index in [0.717, 1.165) is 18.8 Å². The second kappa shape index (κ2) is 6.92. The highest BCUT2D eigenvalue weighted by Crippen LogP contribution is 2.11. The van der Waals surface area contributed by atoms with E-state index in [0.29, 0.717) is 6.54 Å². The van der Waals surface area contributed by atoms with Crippen LogP contribution in [0.4, 0.5) is 0 Å². The number of hydrogen-bond acceptors (Lipinski definition) is 5. The van der Waals surface area contributed by atoms with E-state index in [-0.39, 0.29) is 11.8 Å². The molecule has 1 aromatic heterocycles. The van der Waals surface area contributed by atoms with Gasteiger partial charge in [0.2, 0.25) is 0 Å². The zero-order chi connectivity index (χ0) is 13.6. The highest BCUT2D eigenvalue weighted by Gasteiger charge is 2.08. The minimum atomic E-state index is -2.87. The minimum absolute atomic E-state index is 0.170. The van der Waals surface area contributed by atoms with Crippen LogP contribution in [0.5, 0.6) is 0 Å². The van der Waals surface area contributed by atoms with Crippen LogP contribution in [0.1, 0.15) is 18.7 Å². The van der Waals surface area contributed by atoms with Crippen LogP contribution in [0.2, 0.25) is 0 Å². The van der Waals surface area contributed by atoms with Gasteiger partial charge in [0.25, 0.3) is 0 Å². The van der Waals surface area contributed by atoms with E-state index >= 15 is 0 Å². The second-order valence-electron chi connectivity index (χ2n) is 4.62. The number of hydrogen-bond donors (Lipinski definition) is 1. The van der Waals surface area contributed by atoms with E-state index in [1.807, 2.05) is 31.0 Å². The van der Waals surface area contributed by atoms with Gasteiger partial charge in [0.1, 0.15) is 15.6 Å². The molecule has 1 N–H and O–H groups in total. The first kappa shape index (κ1) is 15.2. The van der Waals surface area contributed by atoms with Crippen LogP contribution in [0.15, 0.2) is 22.8 Å². The van der Waals surface area contributed by atoms with Gasteiger partial charge in [0, 0.05) is 25.9 Å². The quantitative estimate of drug-likeness (QED) is 0.763. The Hall–Kier alpha value is -0.850. The van der Waals surface area contributed by atoms with Crippen molar-refractivity contribution in [2.45, 2.75) is 13.0 Å². The van der Waals surface area contributed by atoms with Crippen molar-refractivity contribution in [1.29, 1.82) is 0 Å². The van der Waals surface area contributed by atoms with Gasteiger partial charge in [-0.05, 0) is 26.1 Å². The molecular weight excluding hydrogens is 252 g/mol. The lowest BCUT2D eigenvalue weighted by Gasteiger charge is -2.18. The molecule has 0 aliphatic rings. The third-order valence-corrected chi connectivity index (χ3v) is 3.68. The zero-order valence-electron chi connectivity index (χ0n) is 11.2. The molecule has 0 amide bonds. The molecule has 0 spiro atoms. The number of furan rings is 1. The van der Waals surface area contributed by atoms with Crippen LogP contribution in [-0.4, -0.2) is 52.0 Å². The summed E-state index contributed by atoms with van der Waals surface area (Å²) < 4.78 is 27.3. The number of nitrogens with zero attached hydrogens (tertiary/aromatic N) is 1. The van der Waals surface area contributed by atoms with Crippen molar-refractivity contribution >= 4 is 9.84 Å². The summed E-state index contributed by atoms with van der Waals surface area (Å²) in [5, 5.41) is 3.33. The van der Waals surface area contributed by atoms with Crippen molar-refractivity contribution in [2.75, 3.05) is 38.7 Å². The Morgan fingerprint density at radius 3 is 2.72 bits per heavy atom. The molecule has 0 saturated heterocycles. The van der Waals surface area contributed by atoms with Crippen molar-refractivity contribution in [3.05, 3.63) is 24.2 Å². The lowest BCUT2D eigenvalue weighted by Crippen LogP contribution is -2.33. The van der Waals surface area contributed by atoms with Crippen molar-refractivity contribution < 1.29 is 12.8 Å². The molecule has 6 heteroatoms. The van der Waals surface area contributed by atoms with Gasteiger partial charge in [-0.2, -0.15) is 0 Å². The molecule has 1 unspecified atom stereocenters. The van der Waals surface area contributed by atoms with Gasteiger partial charge in [-0.3, -0.25) is 0 Å². The molecule has 1 aromatic rings. The van der Waals surface area contributed by atoms with Gasteiger partial charge in [-0.25, -0.2) is 8.42 Å². The molecule has 1 heterocycles. The fraction of sp³-hybridized carbons (Fsp3) is 0.667. The van der Waals surface area contributed by atoms with Gasteiger partial charge >= 0.3 is 0 Å². The Balaban J connectivity index is 2.17. The molecular formula is C12H22N2O3S. The highest BCUT2D eigenvalue weighted by molar-refractivity contribution is 7.90. The Labute approximate surface area is 109 Å². The molecule has 1 rings (SSSR count). The molecule has 0 aliphatic heterocycles. The molecule has 0 radical (unpaired) electrons. The van der Waals surface area contributed by atoms with E-state index in [1.54, 1.807) is 6.26 Å². The Morgan fingerprint density at radius 1 is 1.44 bits per heavy atom. The van der Waals surface area contributed by atoms with Gasteiger partial charge < -0.3 is 14.6 Å². The summed E-state index contributed by atoms with van der Waals surface area (Å²) >= 11 is 0. The van der Waals surface area contributed by atoms with Gasteiger partial charge in [0.05, 0.1) is 18.1 Å². The number of likely N-dealkylation sites (N-methyl/N-ethyl adjacent to an activating group) is 1. The minimum Gasteiger partial charge on any atom is -0.468 e. The Morgan fingerprint density at radius 2 is 2.17 bits per heavy atom. The van der Waals surface area contributed by atoms with Gasteiger partial charge in [-0.1, -0.05) is 0 Å². The van der Waals surface area contributed by atoms with Crippen LogP contribution in [0.3, 0.4) is 0 Å². The normalized spacial score (nSPS) is 14.0. The summed E-state index contributed by atoms with van der Waals surface area (Å²) in [5.41, 5.74) is 0. The van der Waals surface area contributed by atoms with Crippen LogP contribution < -0.4 is 5.32 Å². The maximum Gasteiger partial charge on any atom is 0.148 e. The summed E-state index contributed by atoms with van der Waals surface area (Å²) in [6.45, 7) is 4.20. The first-order valence-corrected chi connectivity index (χ1v) is 8.07. The fourth-order valence-electron chi connectivity index (χ4n) is 1.54. The summed E-state index contributed by atoms with van der Waals surface area (Å²) in [6, 6.07) is 3.97. The fourth-order valence-corrected chi connectivity index (χ4v) is 2.19. The van der Waals surface area contributed by atoms with Crippen LogP contribution in [0, 0.1) is 0 Å². The maximum atomic E-state index is 11.0. The predicted octanol–water partition coefficient (Wildman–Crippen LogP) is 0.907. The van der Waals surface area contributed by atoms with Gasteiger partial charge in [-0.15, -0.1) is 0 Å². The summed E-state index contributed by atoms with van der Waals surface area (Å²) in [5.74, 6) is 1.12. The summed E-state index contributed by atoms with van der Waals surface area (Å²) in [7, 11) is -0.952. The lowest BCUT2D eigenvalue weighted by atomic mass is 10.2. The molecule has 0 bridgehead atoms. The lowest BCUT2D eigenvalue weighted by molar-refractivity contribution is 0.334. The van der Waals surface area contributed by atoms with Crippen molar-refractivity contribution in [3.8, 4) is 0 Å². The highest BCUT2D eigenvalue weighted by atomic mass is 32.2. The predicted molar refractivity (Wildman–Crippen MR) is 72.3 cm³/mol. The SMILES string of the molecule is CC(NCCN(C)CCS(C)(=O)=O)c1ccco1. The third kappa shape index (κ3) is 6.18. The monoisotopic (exact) mass is 274 g/mol. The molecule has 0 fully saturated rings. The maximum absolute atomic E-state index is 11.0. The van der Waals surface area contributed by atoms with E-state index in [1.165, 1.54) is 6.26 Å². The molecule has 1 atom stereocenters. The topological polar surface area (TPSA) is 62.6 Å². The largest absolute Gasteiger partial charge is 0.468 e. The Bertz CT molecular complexity index is 428. The van der Waals surface area contributed by atoms with E-state index < -0.39 is 9.84 Å². The van der Waals surface area contributed by atoms with Crippen molar-refractivity contribution in [1.82, 2.24) is 10.2 Å². The van der Waals surface area contributed by atoms with Crippen LogP contribution >= 0.6 is 0 Å². The molecule has 104 valence electrons. The third-order valence-electron chi connectivity index (χ3n) is 2.76. The average molecular weight is 274 g/mol. The van der Waals surface area contributed by atoms with Crippen LogP contribution in [0.25, 0.3) is 0 Å². The summed E-state index contributed by atoms with van der Waals surface area (Å²) in [6.07, 6.45) is 2.92. The number of nitrogens with one attached hydrogen (secondary N) is 1. The molecule has 5 nitrogen and oxygen atoms in total. The second-order valence-corrected chi connectivity index (χ2v) is 6.88. The van der Waals surface area contributed by atoms with Crippen molar-refractivity contribution in [2.24, 2.45) is 0 Å². The smallest absolute Gasteiger partial charge is 0.148 e. The molecule has 0 saturated carbocycles.